The van der Waals surface area contributed by atoms with Crippen LogP contribution in [0.5, 0.6) is 0 Å². The normalized spacial score (nSPS) is 14.9. The summed E-state index contributed by atoms with van der Waals surface area (Å²) in [5.41, 5.74) is 0.698. The number of ether oxygens (including phenoxy) is 1. The molecule has 0 saturated heterocycles. The molecule has 0 radical (unpaired) electrons. The van der Waals surface area contributed by atoms with Crippen molar-refractivity contribution < 1.29 is 9.84 Å². The molecule has 0 bridgehead atoms. The van der Waals surface area contributed by atoms with Gasteiger partial charge in [-0.3, -0.25) is 4.68 Å². The van der Waals surface area contributed by atoms with Crippen LogP contribution in [-0.2, 0) is 11.3 Å². The third kappa shape index (κ3) is 3.98. The highest BCUT2D eigenvalue weighted by atomic mass is 35.5. The Morgan fingerprint density at radius 2 is 2.29 bits per heavy atom. The molecular weight excluding hydrogens is 240 g/mol. The molecule has 0 aliphatic carbocycles. The average Bonchev–Trinajstić information content (AvgIpc) is 2.67. The summed E-state index contributed by atoms with van der Waals surface area (Å²) in [6.07, 6.45) is 2.76. The zero-order valence-corrected chi connectivity index (χ0v) is 11.4. The Bertz CT molecular complexity index is 341. The molecule has 4 nitrogen and oxygen atoms in total. The molecule has 1 aromatic rings. The summed E-state index contributed by atoms with van der Waals surface area (Å²) < 4.78 is 6.73. The van der Waals surface area contributed by atoms with Gasteiger partial charge in [-0.25, -0.2) is 0 Å². The van der Waals surface area contributed by atoms with Crippen LogP contribution in [0.1, 0.15) is 38.5 Å². The zero-order valence-electron chi connectivity index (χ0n) is 10.7. The summed E-state index contributed by atoms with van der Waals surface area (Å²) >= 11 is 6.06. The lowest BCUT2D eigenvalue weighted by molar-refractivity contribution is 0.130. The van der Waals surface area contributed by atoms with Gasteiger partial charge in [-0.1, -0.05) is 31.9 Å². The van der Waals surface area contributed by atoms with Crippen molar-refractivity contribution in [3.63, 3.8) is 0 Å². The van der Waals surface area contributed by atoms with Gasteiger partial charge >= 0.3 is 0 Å². The van der Waals surface area contributed by atoms with Gasteiger partial charge in [-0.15, -0.1) is 0 Å². The molecule has 0 aliphatic rings. The average molecular weight is 261 g/mol. The first-order chi connectivity index (χ1) is 8.10. The molecule has 1 heterocycles. The highest BCUT2D eigenvalue weighted by molar-refractivity contribution is 6.31. The molecule has 0 aromatic carbocycles. The van der Waals surface area contributed by atoms with Gasteiger partial charge in [0.2, 0.25) is 0 Å². The Kier molecular flexibility index (Phi) is 5.95. The summed E-state index contributed by atoms with van der Waals surface area (Å²) in [7, 11) is 1.64. The third-order valence-electron chi connectivity index (χ3n) is 2.98. The molecule has 0 fully saturated rings. The number of aliphatic hydroxyl groups is 1. The van der Waals surface area contributed by atoms with E-state index >= 15 is 0 Å². The molecule has 98 valence electrons. The monoisotopic (exact) mass is 260 g/mol. The van der Waals surface area contributed by atoms with Crippen LogP contribution in [0.25, 0.3) is 0 Å². The van der Waals surface area contributed by atoms with Crippen LogP contribution < -0.4 is 0 Å². The van der Waals surface area contributed by atoms with E-state index in [2.05, 4.69) is 18.9 Å². The molecule has 0 spiro atoms. The zero-order chi connectivity index (χ0) is 12.8. The maximum atomic E-state index is 10.2. The van der Waals surface area contributed by atoms with E-state index in [-0.39, 0.29) is 0 Å². The summed E-state index contributed by atoms with van der Waals surface area (Å²) in [6, 6.07) is 0. The van der Waals surface area contributed by atoms with Crippen LogP contribution in [0.2, 0.25) is 5.02 Å². The second kappa shape index (κ2) is 6.99. The number of methoxy groups -OCH3 is 1. The summed E-state index contributed by atoms with van der Waals surface area (Å²) in [5.74, 6) is 0.465. The van der Waals surface area contributed by atoms with E-state index in [9.17, 15) is 5.11 Å². The van der Waals surface area contributed by atoms with Gasteiger partial charge in [-0.05, 0) is 12.3 Å². The maximum absolute atomic E-state index is 10.2. The Morgan fingerprint density at radius 1 is 1.59 bits per heavy atom. The Morgan fingerprint density at radius 3 is 2.88 bits per heavy atom. The van der Waals surface area contributed by atoms with Crippen molar-refractivity contribution in [2.75, 3.05) is 13.7 Å². The Labute approximate surface area is 108 Å². The minimum absolute atomic E-state index is 0.465. The van der Waals surface area contributed by atoms with Crippen molar-refractivity contribution >= 4 is 11.6 Å². The van der Waals surface area contributed by atoms with Crippen molar-refractivity contribution in [2.24, 2.45) is 5.92 Å². The van der Waals surface area contributed by atoms with Gasteiger partial charge in [0.25, 0.3) is 0 Å². The van der Waals surface area contributed by atoms with E-state index in [1.54, 1.807) is 18.0 Å². The second-order valence-electron chi connectivity index (χ2n) is 4.36. The van der Waals surface area contributed by atoms with Crippen LogP contribution >= 0.6 is 11.6 Å². The van der Waals surface area contributed by atoms with Crippen molar-refractivity contribution in [3.8, 4) is 0 Å². The molecule has 2 unspecified atom stereocenters. The van der Waals surface area contributed by atoms with Crippen molar-refractivity contribution in [1.82, 2.24) is 9.78 Å². The quantitative estimate of drug-likeness (QED) is 0.820. The number of aliphatic hydroxyl groups excluding tert-OH is 1. The van der Waals surface area contributed by atoms with Gasteiger partial charge in [0, 0.05) is 7.11 Å². The highest BCUT2D eigenvalue weighted by Gasteiger charge is 2.19. The summed E-state index contributed by atoms with van der Waals surface area (Å²) in [6.45, 7) is 5.39. The summed E-state index contributed by atoms with van der Waals surface area (Å²) in [4.78, 5) is 0. The van der Waals surface area contributed by atoms with Crippen LogP contribution in [0, 0.1) is 5.92 Å². The van der Waals surface area contributed by atoms with Crippen LogP contribution in [-0.4, -0.2) is 28.6 Å². The van der Waals surface area contributed by atoms with E-state index in [4.69, 9.17) is 16.3 Å². The predicted molar refractivity (Wildman–Crippen MR) is 68.1 cm³/mol. The summed E-state index contributed by atoms with van der Waals surface area (Å²) in [5, 5.41) is 14.9. The second-order valence-corrected chi connectivity index (χ2v) is 4.77. The maximum Gasteiger partial charge on any atom is 0.0974 e. The topological polar surface area (TPSA) is 47.3 Å². The molecule has 1 aromatic heterocycles. The molecule has 17 heavy (non-hydrogen) atoms. The number of halogens is 1. The lowest BCUT2D eigenvalue weighted by atomic mass is 9.99. The number of rotatable bonds is 7. The first kappa shape index (κ1) is 14.5. The number of aromatic nitrogens is 2. The first-order valence-corrected chi connectivity index (χ1v) is 6.36. The van der Waals surface area contributed by atoms with Gasteiger partial charge in [0.15, 0.2) is 0 Å². The number of hydrogen-bond acceptors (Lipinski definition) is 3. The Balaban J connectivity index is 2.76. The molecular formula is C12H21ClN2O2. The number of nitrogens with zero attached hydrogens (tertiary/aromatic N) is 2. The molecule has 1 N–H and O–H groups in total. The lowest BCUT2D eigenvalue weighted by Gasteiger charge is -2.17. The van der Waals surface area contributed by atoms with Crippen molar-refractivity contribution in [1.29, 1.82) is 0 Å². The van der Waals surface area contributed by atoms with Gasteiger partial charge in [-0.2, -0.15) is 5.10 Å². The highest BCUT2D eigenvalue weighted by Crippen LogP contribution is 2.28. The first-order valence-electron chi connectivity index (χ1n) is 5.98. The fourth-order valence-electron chi connectivity index (χ4n) is 1.72. The molecule has 0 amide bonds. The van der Waals surface area contributed by atoms with Gasteiger partial charge in [0.05, 0.1) is 36.2 Å². The Hall–Kier alpha value is -0.580. The van der Waals surface area contributed by atoms with E-state index < -0.39 is 6.10 Å². The van der Waals surface area contributed by atoms with Gasteiger partial charge < -0.3 is 9.84 Å². The smallest absolute Gasteiger partial charge is 0.0974 e. The third-order valence-corrected chi connectivity index (χ3v) is 3.27. The molecule has 2 atom stereocenters. The SMILES string of the molecule is CCC(C)CC(O)c1c(Cl)cnn1CCOC. The predicted octanol–water partition coefficient (Wildman–Crippen LogP) is 2.65. The van der Waals surface area contributed by atoms with E-state index in [1.165, 1.54) is 0 Å². The van der Waals surface area contributed by atoms with Crippen molar-refractivity contribution in [2.45, 2.75) is 39.3 Å². The molecule has 0 aliphatic heterocycles. The number of hydrogen-bond donors (Lipinski definition) is 1. The van der Waals surface area contributed by atoms with E-state index in [0.29, 0.717) is 36.2 Å². The van der Waals surface area contributed by atoms with E-state index in [1.807, 2.05) is 0 Å². The van der Waals surface area contributed by atoms with Crippen molar-refractivity contribution in [3.05, 3.63) is 16.9 Å². The van der Waals surface area contributed by atoms with Crippen LogP contribution in [0.3, 0.4) is 0 Å². The minimum atomic E-state index is -0.559. The minimum Gasteiger partial charge on any atom is -0.387 e. The molecule has 1 rings (SSSR count). The van der Waals surface area contributed by atoms with E-state index in [0.717, 1.165) is 6.42 Å². The van der Waals surface area contributed by atoms with Crippen LogP contribution in [0.4, 0.5) is 0 Å². The fourth-order valence-corrected chi connectivity index (χ4v) is 1.99. The fraction of sp³-hybridized carbons (Fsp3) is 0.750. The lowest BCUT2D eigenvalue weighted by Crippen LogP contribution is -2.14. The molecule has 5 heteroatoms. The molecule has 0 saturated carbocycles. The standard InChI is InChI=1S/C12H21ClN2O2/c1-4-9(2)7-11(16)12-10(13)8-14-15(12)5-6-17-3/h8-9,11,16H,4-7H2,1-3H3. The largest absolute Gasteiger partial charge is 0.387 e. The van der Waals surface area contributed by atoms with Gasteiger partial charge in [0.1, 0.15) is 0 Å². The van der Waals surface area contributed by atoms with Crippen LogP contribution in [0.15, 0.2) is 6.20 Å².